The molecule has 0 bridgehead atoms. The Morgan fingerprint density at radius 1 is 1.32 bits per heavy atom. The minimum atomic E-state index is -0.847. The van der Waals surface area contributed by atoms with Gasteiger partial charge < -0.3 is 5.11 Å². The summed E-state index contributed by atoms with van der Waals surface area (Å²) in [5.74, 6) is -1.36. The largest absolute Gasteiger partial charge is 0.504 e. The van der Waals surface area contributed by atoms with Crippen molar-refractivity contribution >= 4 is 18.1 Å². The molecule has 0 saturated carbocycles. The van der Waals surface area contributed by atoms with E-state index in [-0.39, 0.29) is 11.5 Å². The van der Waals surface area contributed by atoms with E-state index in [1.54, 1.807) is 6.08 Å². The number of carbonyl (C=O) groups excluding carboxylic acids is 2. The molecule has 1 atom stereocenters. The molecule has 0 spiro atoms. The number of carbonyl (C=O) groups is 2. The Morgan fingerprint density at radius 3 is 2.68 bits per heavy atom. The number of halogens is 1. The fourth-order valence-corrected chi connectivity index (χ4v) is 2.05. The zero-order valence-electron chi connectivity index (χ0n) is 10.4. The zero-order valence-corrected chi connectivity index (χ0v) is 10.4. The van der Waals surface area contributed by atoms with Gasteiger partial charge in [-0.05, 0) is 47.3 Å². The van der Waals surface area contributed by atoms with Gasteiger partial charge >= 0.3 is 0 Å². The van der Waals surface area contributed by atoms with Crippen LogP contribution in [0.3, 0.4) is 0 Å². The first-order valence-electron chi connectivity index (χ1n) is 5.91. The molecular formula is C15H13FO3. The van der Waals surface area contributed by atoms with Crippen molar-refractivity contribution in [2.45, 2.75) is 13.3 Å². The van der Waals surface area contributed by atoms with E-state index in [1.165, 1.54) is 6.07 Å². The van der Waals surface area contributed by atoms with E-state index in [0.717, 1.165) is 12.4 Å². The number of aldehydes is 2. The van der Waals surface area contributed by atoms with Crippen molar-refractivity contribution < 1.29 is 19.1 Å². The first-order valence-corrected chi connectivity index (χ1v) is 5.91. The van der Waals surface area contributed by atoms with Crippen molar-refractivity contribution in [1.82, 2.24) is 0 Å². The standard InChI is InChI=1S/C15H13FO3/c1-9-2-3-10(4-12(9)7-17)11-5-13(8-18)15(19)14(16)6-11/h3-9,19H,2H2,1H3. The zero-order chi connectivity index (χ0) is 14.0. The predicted molar refractivity (Wildman–Crippen MR) is 69.4 cm³/mol. The van der Waals surface area contributed by atoms with Crippen LogP contribution < -0.4 is 0 Å². The van der Waals surface area contributed by atoms with Crippen LogP contribution in [0.2, 0.25) is 0 Å². The van der Waals surface area contributed by atoms with E-state index in [2.05, 4.69) is 0 Å². The Bertz CT molecular complexity index is 600. The van der Waals surface area contributed by atoms with Crippen molar-refractivity contribution in [2.75, 3.05) is 0 Å². The van der Waals surface area contributed by atoms with Crippen LogP contribution in [0.5, 0.6) is 5.75 Å². The third-order valence-electron chi connectivity index (χ3n) is 3.27. The Labute approximate surface area is 110 Å². The van der Waals surface area contributed by atoms with E-state index < -0.39 is 11.6 Å². The van der Waals surface area contributed by atoms with E-state index in [0.29, 0.717) is 29.4 Å². The molecule has 0 aromatic heterocycles. The quantitative estimate of drug-likeness (QED) is 0.850. The predicted octanol–water partition coefficient (Wildman–Crippen LogP) is 2.89. The second-order valence-electron chi connectivity index (χ2n) is 4.57. The van der Waals surface area contributed by atoms with Crippen LogP contribution in [-0.4, -0.2) is 17.7 Å². The fraction of sp³-hybridized carbons (Fsp3) is 0.200. The number of allylic oxidation sites excluding steroid dienone is 4. The van der Waals surface area contributed by atoms with Crippen molar-refractivity contribution in [3.05, 3.63) is 46.8 Å². The van der Waals surface area contributed by atoms with Crippen LogP contribution in [0.4, 0.5) is 4.39 Å². The molecule has 0 radical (unpaired) electrons. The van der Waals surface area contributed by atoms with Gasteiger partial charge in [-0.2, -0.15) is 0 Å². The summed E-state index contributed by atoms with van der Waals surface area (Å²) in [7, 11) is 0. The number of phenolic OH excluding ortho intramolecular Hbond substituents is 1. The van der Waals surface area contributed by atoms with Gasteiger partial charge in [-0.15, -0.1) is 0 Å². The van der Waals surface area contributed by atoms with Crippen LogP contribution in [0.15, 0.2) is 29.9 Å². The third-order valence-corrected chi connectivity index (χ3v) is 3.27. The molecule has 1 aliphatic carbocycles. The van der Waals surface area contributed by atoms with Crippen LogP contribution in [-0.2, 0) is 4.79 Å². The molecule has 1 aliphatic rings. The molecule has 3 nitrogen and oxygen atoms in total. The van der Waals surface area contributed by atoms with Crippen molar-refractivity contribution in [3.8, 4) is 5.75 Å². The monoisotopic (exact) mass is 260 g/mol. The molecule has 0 saturated heterocycles. The van der Waals surface area contributed by atoms with Crippen molar-refractivity contribution in [1.29, 1.82) is 0 Å². The summed E-state index contributed by atoms with van der Waals surface area (Å²) in [6, 6.07) is 2.56. The van der Waals surface area contributed by atoms with E-state index in [4.69, 9.17) is 0 Å². The van der Waals surface area contributed by atoms with Crippen LogP contribution >= 0.6 is 0 Å². The Balaban J connectivity index is 2.49. The lowest BCUT2D eigenvalue weighted by atomic mass is 9.87. The van der Waals surface area contributed by atoms with Gasteiger partial charge in [0.15, 0.2) is 17.9 Å². The Morgan fingerprint density at radius 2 is 2.05 bits per heavy atom. The van der Waals surface area contributed by atoms with E-state index >= 15 is 0 Å². The van der Waals surface area contributed by atoms with Gasteiger partial charge in [-0.3, -0.25) is 9.59 Å². The summed E-state index contributed by atoms with van der Waals surface area (Å²) >= 11 is 0. The average molecular weight is 260 g/mol. The van der Waals surface area contributed by atoms with Crippen LogP contribution in [0.1, 0.15) is 29.3 Å². The number of benzene rings is 1. The first-order chi connectivity index (χ1) is 9.06. The Hall–Kier alpha value is -2.23. The smallest absolute Gasteiger partial charge is 0.166 e. The van der Waals surface area contributed by atoms with Crippen molar-refractivity contribution in [2.24, 2.45) is 5.92 Å². The number of phenols is 1. The van der Waals surface area contributed by atoms with Gasteiger partial charge in [0.2, 0.25) is 0 Å². The number of hydrogen-bond donors (Lipinski definition) is 1. The van der Waals surface area contributed by atoms with E-state index in [9.17, 15) is 19.1 Å². The highest BCUT2D eigenvalue weighted by atomic mass is 19.1. The summed E-state index contributed by atoms with van der Waals surface area (Å²) in [4.78, 5) is 21.7. The third kappa shape index (κ3) is 2.47. The molecule has 0 heterocycles. The maximum Gasteiger partial charge on any atom is 0.166 e. The van der Waals surface area contributed by atoms with Crippen LogP contribution in [0, 0.1) is 11.7 Å². The second kappa shape index (κ2) is 5.18. The number of rotatable bonds is 3. The highest BCUT2D eigenvalue weighted by Gasteiger charge is 2.16. The number of aromatic hydroxyl groups is 1. The lowest BCUT2D eigenvalue weighted by Crippen LogP contribution is -2.05. The van der Waals surface area contributed by atoms with Gasteiger partial charge in [-0.25, -0.2) is 4.39 Å². The molecule has 98 valence electrons. The van der Waals surface area contributed by atoms with Gasteiger partial charge in [0.05, 0.1) is 5.56 Å². The molecule has 1 aromatic carbocycles. The normalized spacial score (nSPS) is 18.5. The molecule has 0 fully saturated rings. The summed E-state index contributed by atoms with van der Waals surface area (Å²) in [5.41, 5.74) is 1.69. The molecule has 2 rings (SSSR count). The molecule has 4 heteroatoms. The molecule has 1 aromatic rings. The minimum Gasteiger partial charge on any atom is -0.504 e. The molecule has 19 heavy (non-hydrogen) atoms. The fourth-order valence-electron chi connectivity index (χ4n) is 2.05. The van der Waals surface area contributed by atoms with Crippen molar-refractivity contribution in [3.63, 3.8) is 0 Å². The molecule has 0 amide bonds. The lowest BCUT2D eigenvalue weighted by Gasteiger charge is -2.17. The molecule has 1 N–H and O–H groups in total. The first kappa shape index (κ1) is 13.2. The second-order valence-corrected chi connectivity index (χ2v) is 4.57. The maximum atomic E-state index is 13.5. The summed E-state index contributed by atoms with van der Waals surface area (Å²) < 4.78 is 13.5. The molecule has 0 aliphatic heterocycles. The van der Waals surface area contributed by atoms with Gasteiger partial charge in [0.1, 0.15) is 6.29 Å². The Kier molecular flexibility index (Phi) is 3.60. The van der Waals surface area contributed by atoms with Gasteiger partial charge in [-0.1, -0.05) is 13.0 Å². The van der Waals surface area contributed by atoms with Crippen LogP contribution in [0.25, 0.3) is 5.57 Å². The summed E-state index contributed by atoms with van der Waals surface area (Å²) in [6.07, 6.45) is 5.44. The van der Waals surface area contributed by atoms with Gasteiger partial charge in [0.25, 0.3) is 0 Å². The molecule has 1 unspecified atom stereocenters. The SMILES string of the molecule is CC1CC=C(c2cc(F)c(O)c(C=O)c2)C=C1C=O. The molecular weight excluding hydrogens is 247 g/mol. The lowest BCUT2D eigenvalue weighted by molar-refractivity contribution is -0.105. The minimum absolute atomic E-state index is 0.101. The highest BCUT2D eigenvalue weighted by molar-refractivity contribution is 5.88. The van der Waals surface area contributed by atoms with Gasteiger partial charge in [0, 0.05) is 0 Å². The summed E-state index contributed by atoms with van der Waals surface area (Å²) in [6.45, 7) is 1.93. The number of hydrogen-bond acceptors (Lipinski definition) is 3. The summed E-state index contributed by atoms with van der Waals surface area (Å²) in [5, 5.41) is 9.36. The topological polar surface area (TPSA) is 54.4 Å². The average Bonchev–Trinajstić information content (AvgIpc) is 2.42. The maximum absolute atomic E-state index is 13.5. The highest BCUT2D eigenvalue weighted by Crippen LogP contribution is 2.31. The van der Waals surface area contributed by atoms with E-state index in [1.807, 2.05) is 13.0 Å².